The van der Waals surface area contributed by atoms with E-state index in [0.29, 0.717) is 23.7 Å². The Kier molecular flexibility index (Phi) is 6.79. The quantitative estimate of drug-likeness (QED) is 0.464. The van der Waals surface area contributed by atoms with Gasteiger partial charge >= 0.3 is 0 Å². The lowest BCUT2D eigenvalue weighted by Crippen LogP contribution is -2.53. The maximum absolute atomic E-state index is 12.3. The fourth-order valence-corrected chi connectivity index (χ4v) is 4.28. The molecule has 1 amide bonds. The molecule has 34 heavy (non-hydrogen) atoms. The molecular formula is C24H30N6O4. The summed E-state index contributed by atoms with van der Waals surface area (Å²) in [5.74, 6) is 2.24. The Morgan fingerprint density at radius 3 is 2.85 bits per heavy atom. The third-order valence-electron chi connectivity index (χ3n) is 6.22. The molecule has 0 saturated carbocycles. The molecule has 0 bridgehead atoms. The summed E-state index contributed by atoms with van der Waals surface area (Å²) in [4.78, 5) is 20.8. The molecule has 2 aromatic heterocycles. The van der Waals surface area contributed by atoms with Crippen LogP contribution < -0.4 is 14.9 Å². The van der Waals surface area contributed by atoms with Crippen molar-refractivity contribution < 1.29 is 18.8 Å². The molecule has 2 aliphatic rings. The van der Waals surface area contributed by atoms with Crippen molar-refractivity contribution in [2.24, 2.45) is 0 Å². The lowest BCUT2D eigenvalue weighted by atomic mass is 10.2. The maximum Gasteiger partial charge on any atom is 0.271 e. The summed E-state index contributed by atoms with van der Waals surface area (Å²) in [7, 11) is 1.68. The number of ether oxygens (including phenoxy) is 1. The van der Waals surface area contributed by atoms with Crippen molar-refractivity contribution in [3.05, 3.63) is 53.9 Å². The van der Waals surface area contributed by atoms with Gasteiger partial charge < -0.3 is 24.2 Å². The minimum atomic E-state index is -0.174. The molecule has 0 unspecified atom stereocenters. The van der Waals surface area contributed by atoms with Crippen molar-refractivity contribution in [2.45, 2.75) is 19.4 Å². The number of piperazine rings is 1. The number of carbonyl (C=O) groups excluding carboxylic acids is 1. The van der Waals surface area contributed by atoms with Gasteiger partial charge in [-0.3, -0.25) is 9.89 Å². The monoisotopic (exact) mass is 466 g/mol. The van der Waals surface area contributed by atoms with Crippen molar-refractivity contribution in [1.29, 1.82) is 0 Å². The van der Waals surface area contributed by atoms with Gasteiger partial charge in [0.1, 0.15) is 11.4 Å². The van der Waals surface area contributed by atoms with Gasteiger partial charge in [-0.25, -0.2) is 5.01 Å². The number of nitrogens with zero attached hydrogens (tertiary/aromatic N) is 4. The van der Waals surface area contributed by atoms with E-state index in [9.17, 15) is 4.79 Å². The number of hydrogen-bond donors (Lipinski definition) is 2. The number of rotatable bonds is 9. The van der Waals surface area contributed by atoms with Crippen molar-refractivity contribution in [3.63, 3.8) is 0 Å². The van der Waals surface area contributed by atoms with Gasteiger partial charge in [-0.15, -0.1) is 0 Å². The van der Waals surface area contributed by atoms with Gasteiger partial charge in [0.15, 0.2) is 17.2 Å². The summed E-state index contributed by atoms with van der Waals surface area (Å²) >= 11 is 0. The number of hydrogen-bond acceptors (Lipinski definition) is 8. The maximum atomic E-state index is 12.3. The largest absolute Gasteiger partial charge is 0.497 e. The van der Waals surface area contributed by atoms with Crippen molar-refractivity contribution >= 4 is 5.91 Å². The smallest absolute Gasteiger partial charge is 0.271 e. The van der Waals surface area contributed by atoms with Crippen LogP contribution in [0, 0.1) is 0 Å². The third kappa shape index (κ3) is 5.09. The van der Waals surface area contributed by atoms with Crippen molar-refractivity contribution in [3.8, 4) is 23.0 Å². The van der Waals surface area contributed by atoms with E-state index in [2.05, 4.69) is 25.4 Å². The fraction of sp³-hybridized carbons (Fsp3) is 0.417. The highest BCUT2D eigenvalue weighted by Gasteiger charge is 2.29. The number of nitrogens with one attached hydrogen (secondary N) is 2. The van der Waals surface area contributed by atoms with Gasteiger partial charge in [-0.2, -0.15) is 5.10 Å². The minimum Gasteiger partial charge on any atom is -0.497 e. The number of fused-ring (bicyclic) bond motifs is 1. The molecule has 0 atom stereocenters. The number of H-pyrrole nitrogens is 1. The van der Waals surface area contributed by atoms with Gasteiger partial charge in [0.05, 0.1) is 19.9 Å². The Hall–Kier alpha value is -3.34. The lowest BCUT2D eigenvalue weighted by molar-refractivity contribution is -0.222. The normalized spacial score (nSPS) is 16.9. The zero-order chi connectivity index (χ0) is 23.3. The first-order chi connectivity index (χ1) is 16.7. The molecule has 0 radical (unpaired) electrons. The average Bonchev–Trinajstić information content (AvgIpc) is 3.64. The van der Waals surface area contributed by atoms with Crippen LogP contribution in [-0.4, -0.2) is 77.6 Å². The SMILES string of the molecule is COc1ccc2c(c1)CN(N1CCN(CCCCNC(=O)c3cc(-c4ccco4)[nH]n3)CC1)O2. The van der Waals surface area contributed by atoms with Crippen LogP contribution in [0.4, 0.5) is 0 Å². The predicted octanol–water partition coefficient (Wildman–Crippen LogP) is 2.53. The van der Waals surface area contributed by atoms with Gasteiger partial charge in [0.2, 0.25) is 0 Å². The second kappa shape index (κ2) is 10.3. The molecule has 3 aromatic rings. The number of hydroxylamine groups is 1. The van der Waals surface area contributed by atoms with E-state index in [-0.39, 0.29) is 5.91 Å². The van der Waals surface area contributed by atoms with Crippen molar-refractivity contribution in [1.82, 2.24) is 30.6 Å². The number of aromatic nitrogens is 2. The van der Waals surface area contributed by atoms with Gasteiger partial charge in [-0.05, 0) is 49.7 Å². The number of methoxy groups -OCH3 is 1. The van der Waals surface area contributed by atoms with Crippen LogP contribution in [0.1, 0.15) is 28.9 Å². The number of aromatic amines is 1. The molecule has 180 valence electrons. The Morgan fingerprint density at radius 1 is 1.18 bits per heavy atom. The van der Waals surface area contributed by atoms with Gasteiger partial charge in [-0.1, -0.05) is 5.17 Å². The molecule has 1 saturated heterocycles. The van der Waals surface area contributed by atoms with E-state index in [0.717, 1.165) is 69.2 Å². The zero-order valence-corrected chi connectivity index (χ0v) is 19.3. The standard InChI is InChI=1S/C24H30N6O4/c1-32-19-6-7-22-18(15-19)17-30(34-22)29-12-10-28(11-13-29)9-3-2-8-25-24(31)21-16-20(26-27-21)23-5-4-14-33-23/h4-7,14-16H,2-3,8-13,17H2,1H3,(H,25,31)(H,26,27). The number of unbranched alkanes of at least 4 members (excludes halogenated alkanes) is 1. The van der Waals surface area contributed by atoms with Crippen LogP contribution in [0.2, 0.25) is 0 Å². The summed E-state index contributed by atoms with van der Waals surface area (Å²) < 4.78 is 10.6. The molecule has 2 N–H and O–H groups in total. The summed E-state index contributed by atoms with van der Waals surface area (Å²) in [5, 5.41) is 14.1. The first-order valence-corrected chi connectivity index (χ1v) is 11.7. The highest BCUT2D eigenvalue weighted by atomic mass is 16.7. The van der Waals surface area contributed by atoms with E-state index in [1.54, 1.807) is 25.5 Å². The highest BCUT2D eigenvalue weighted by molar-refractivity contribution is 5.93. The van der Waals surface area contributed by atoms with E-state index in [1.807, 2.05) is 29.4 Å². The number of carbonyl (C=O) groups is 1. The van der Waals surface area contributed by atoms with Crippen LogP contribution in [-0.2, 0) is 6.54 Å². The summed E-state index contributed by atoms with van der Waals surface area (Å²) in [6.45, 7) is 6.24. The third-order valence-corrected chi connectivity index (χ3v) is 6.22. The first kappa shape index (κ1) is 22.5. The molecular weight excluding hydrogens is 436 g/mol. The summed E-state index contributed by atoms with van der Waals surface area (Å²) in [6, 6.07) is 11.3. The van der Waals surface area contributed by atoms with Crippen molar-refractivity contribution in [2.75, 3.05) is 46.4 Å². The molecule has 0 spiro atoms. The zero-order valence-electron chi connectivity index (χ0n) is 19.3. The Morgan fingerprint density at radius 2 is 2.06 bits per heavy atom. The number of hydrazine groups is 1. The number of amides is 1. The molecule has 5 rings (SSSR count). The van der Waals surface area contributed by atoms with Crippen LogP contribution in [0.5, 0.6) is 11.5 Å². The average molecular weight is 467 g/mol. The van der Waals surface area contributed by atoms with Gasteiger partial charge in [0.25, 0.3) is 5.91 Å². The lowest BCUT2D eigenvalue weighted by Gasteiger charge is -2.38. The minimum absolute atomic E-state index is 0.174. The first-order valence-electron chi connectivity index (χ1n) is 11.7. The molecule has 0 aliphatic carbocycles. The van der Waals surface area contributed by atoms with E-state index < -0.39 is 0 Å². The molecule has 1 aromatic carbocycles. The summed E-state index contributed by atoms with van der Waals surface area (Å²) in [6.07, 6.45) is 3.55. The van der Waals surface area contributed by atoms with E-state index >= 15 is 0 Å². The Balaban J connectivity index is 0.975. The second-order valence-electron chi connectivity index (χ2n) is 8.48. The molecule has 1 fully saturated rings. The summed E-state index contributed by atoms with van der Waals surface area (Å²) in [5.41, 5.74) is 2.21. The number of furan rings is 1. The van der Waals surface area contributed by atoms with Crippen LogP contribution in [0.15, 0.2) is 47.1 Å². The topological polar surface area (TPSA) is 99.1 Å². The van der Waals surface area contributed by atoms with Crippen LogP contribution in [0.25, 0.3) is 11.5 Å². The van der Waals surface area contributed by atoms with Crippen LogP contribution in [0.3, 0.4) is 0 Å². The fourth-order valence-electron chi connectivity index (χ4n) is 4.28. The van der Waals surface area contributed by atoms with Crippen LogP contribution >= 0.6 is 0 Å². The number of benzene rings is 1. The molecule has 10 nitrogen and oxygen atoms in total. The Labute approximate surface area is 198 Å². The highest BCUT2D eigenvalue weighted by Crippen LogP contribution is 2.32. The molecule has 4 heterocycles. The predicted molar refractivity (Wildman–Crippen MR) is 125 cm³/mol. The molecule has 2 aliphatic heterocycles. The Bertz CT molecular complexity index is 1090. The second-order valence-corrected chi connectivity index (χ2v) is 8.48. The van der Waals surface area contributed by atoms with Gasteiger partial charge in [0, 0.05) is 44.4 Å². The molecule has 10 heteroatoms. The van der Waals surface area contributed by atoms with E-state index in [4.69, 9.17) is 14.0 Å². The van der Waals surface area contributed by atoms with E-state index in [1.165, 1.54) is 0 Å².